The molecule has 0 heterocycles. The molecule has 4 nitrogen and oxygen atoms in total. The SMILES string of the molecule is CC(=O)CC(=O)OCCCCCCOCC=C(c1ccccc1)c1ccccc1. The van der Waals surface area contributed by atoms with Gasteiger partial charge in [-0.25, -0.2) is 0 Å². The molecule has 0 spiro atoms. The summed E-state index contributed by atoms with van der Waals surface area (Å²) in [6.45, 7) is 3.05. The fraction of sp³-hybridized carbons (Fsp3) is 0.360. The zero-order chi connectivity index (χ0) is 20.7. The Balaban J connectivity index is 1.65. The highest BCUT2D eigenvalue weighted by atomic mass is 16.5. The predicted octanol–water partition coefficient (Wildman–Crippen LogP) is 5.22. The summed E-state index contributed by atoms with van der Waals surface area (Å²) in [6.07, 6.45) is 5.80. The lowest BCUT2D eigenvalue weighted by molar-refractivity contribution is -0.145. The van der Waals surface area contributed by atoms with E-state index in [1.807, 2.05) is 36.4 Å². The number of carbonyl (C=O) groups is 2. The quantitative estimate of drug-likeness (QED) is 0.266. The summed E-state index contributed by atoms with van der Waals surface area (Å²) in [5, 5.41) is 0. The highest BCUT2D eigenvalue weighted by Gasteiger charge is 2.06. The van der Waals surface area contributed by atoms with Crippen LogP contribution in [-0.2, 0) is 19.1 Å². The van der Waals surface area contributed by atoms with Crippen molar-refractivity contribution in [2.45, 2.75) is 39.0 Å². The maximum absolute atomic E-state index is 11.3. The second-order valence-electron chi connectivity index (χ2n) is 6.94. The largest absolute Gasteiger partial charge is 0.465 e. The van der Waals surface area contributed by atoms with Crippen LogP contribution in [0.4, 0.5) is 0 Å². The first kappa shape index (κ1) is 22.6. The normalized spacial score (nSPS) is 10.4. The molecule has 2 aromatic rings. The van der Waals surface area contributed by atoms with Gasteiger partial charge < -0.3 is 9.47 Å². The molecule has 0 saturated carbocycles. The van der Waals surface area contributed by atoms with Crippen LogP contribution in [-0.4, -0.2) is 31.6 Å². The van der Waals surface area contributed by atoms with E-state index in [-0.39, 0.29) is 12.2 Å². The molecule has 0 fully saturated rings. The maximum Gasteiger partial charge on any atom is 0.313 e. The summed E-state index contributed by atoms with van der Waals surface area (Å²) in [5.41, 5.74) is 3.54. The van der Waals surface area contributed by atoms with Crippen molar-refractivity contribution in [1.29, 1.82) is 0 Å². The summed E-state index contributed by atoms with van der Waals surface area (Å²) in [4.78, 5) is 22.1. The minimum Gasteiger partial charge on any atom is -0.465 e. The second kappa shape index (κ2) is 13.5. The Bertz CT molecular complexity index is 724. The number of Topliss-reactive ketones (excluding diaryl/α,β-unsaturated/α-hetero) is 1. The van der Waals surface area contributed by atoms with E-state index in [0.717, 1.165) is 25.7 Å². The van der Waals surface area contributed by atoms with Crippen molar-refractivity contribution in [1.82, 2.24) is 0 Å². The lowest BCUT2D eigenvalue weighted by atomic mass is 9.98. The molecule has 2 aromatic carbocycles. The summed E-state index contributed by atoms with van der Waals surface area (Å²) >= 11 is 0. The molecule has 0 aromatic heterocycles. The van der Waals surface area contributed by atoms with Gasteiger partial charge >= 0.3 is 5.97 Å². The molecule has 0 unspecified atom stereocenters. The van der Waals surface area contributed by atoms with Gasteiger partial charge in [0.2, 0.25) is 0 Å². The molecule has 154 valence electrons. The summed E-state index contributed by atoms with van der Waals surface area (Å²) in [5.74, 6) is -0.593. The van der Waals surface area contributed by atoms with Gasteiger partial charge in [0.1, 0.15) is 12.2 Å². The van der Waals surface area contributed by atoms with Gasteiger partial charge in [-0.1, -0.05) is 73.2 Å². The Labute approximate surface area is 173 Å². The fourth-order valence-corrected chi connectivity index (χ4v) is 2.96. The molecule has 0 aliphatic heterocycles. The maximum atomic E-state index is 11.3. The van der Waals surface area contributed by atoms with Crippen LogP contribution in [0.25, 0.3) is 5.57 Å². The molecule has 2 rings (SSSR count). The van der Waals surface area contributed by atoms with Crippen molar-refractivity contribution in [2.24, 2.45) is 0 Å². The topological polar surface area (TPSA) is 52.6 Å². The van der Waals surface area contributed by atoms with Crippen LogP contribution < -0.4 is 0 Å². The van der Waals surface area contributed by atoms with Crippen molar-refractivity contribution >= 4 is 17.3 Å². The Morgan fingerprint density at radius 3 is 1.90 bits per heavy atom. The van der Waals surface area contributed by atoms with E-state index >= 15 is 0 Å². The van der Waals surface area contributed by atoms with E-state index in [2.05, 4.69) is 30.3 Å². The van der Waals surface area contributed by atoms with Crippen LogP contribution >= 0.6 is 0 Å². The van der Waals surface area contributed by atoms with E-state index in [1.165, 1.54) is 23.6 Å². The monoisotopic (exact) mass is 394 g/mol. The highest BCUT2D eigenvalue weighted by Crippen LogP contribution is 2.22. The van der Waals surface area contributed by atoms with Crippen LogP contribution in [0.2, 0.25) is 0 Å². The van der Waals surface area contributed by atoms with Gasteiger partial charge in [-0.2, -0.15) is 0 Å². The molecule has 0 N–H and O–H groups in total. The first-order chi connectivity index (χ1) is 14.2. The second-order valence-corrected chi connectivity index (χ2v) is 6.94. The lowest BCUT2D eigenvalue weighted by Gasteiger charge is -2.09. The lowest BCUT2D eigenvalue weighted by Crippen LogP contribution is -2.09. The van der Waals surface area contributed by atoms with Crippen LogP contribution in [0.1, 0.15) is 50.2 Å². The van der Waals surface area contributed by atoms with Gasteiger partial charge in [-0.15, -0.1) is 0 Å². The Morgan fingerprint density at radius 2 is 1.34 bits per heavy atom. The van der Waals surface area contributed by atoms with Crippen LogP contribution in [0.5, 0.6) is 0 Å². The molecule has 0 saturated heterocycles. The molecule has 0 atom stereocenters. The number of carbonyl (C=O) groups excluding carboxylic acids is 2. The van der Waals surface area contributed by atoms with Crippen LogP contribution in [0.3, 0.4) is 0 Å². The molecular formula is C25H30O4. The average molecular weight is 395 g/mol. The zero-order valence-corrected chi connectivity index (χ0v) is 17.1. The van der Waals surface area contributed by atoms with Crippen molar-refractivity contribution in [3.05, 3.63) is 77.9 Å². The highest BCUT2D eigenvalue weighted by molar-refractivity contribution is 5.94. The number of unbranched alkanes of at least 4 members (excludes halogenated alkanes) is 3. The molecule has 0 bridgehead atoms. The van der Waals surface area contributed by atoms with E-state index in [1.54, 1.807) is 0 Å². The van der Waals surface area contributed by atoms with Crippen molar-refractivity contribution in [3.8, 4) is 0 Å². The number of esters is 1. The summed E-state index contributed by atoms with van der Waals surface area (Å²) in [7, 11) is 0. The van der Waals surface area contributed by atoms with E-state index in [9.17, 15) is 9.59 Å². The number of ether oxygens (including phenoxy) is 2. The van der Waals surface area contributed by atoms with Gasteiger partial charge in [0.25, 0.3) is 0 Å². The summed E-state index contributed by atoms with van der Waals surface area (Å²) < 4.78 is 10.8. The first-order valence-electron chi connectivity index (χ1n) is 10.2. The third-order valence-corrected chi connectivity index (χ3v) is 4.41. The third-order valence-electron chi connectivity index (χ3n) is 4.41. The van der Waals surface area contributed by atoms with Crippen molar-refractivity contribution in [3.63, 3.8) is 0 Å². The number of hydrogen-bond donors (Lipinski definition) is 0. The number of hydrogen-bond acceptors (Lipinski definition) is 4. The minimum atomic E-state index is -0.430. The average Bonchev–Trinajstić information content (AvgIpc) is 2.73. The molecule has 0 aliphatic rings. The smallest absolute Gasteiger partial charge is 0.313 e. The molecule has 29 heavy (non-hydrogen) atoms. The standard InChI is InChI=1S/C25H30O4/c1-21(26)20-25(27)29-18-11-3-2-10-17-28-19-16-24(22-12-6-4-7-13-22)23-14-8-5-9-15-23/h4-9,12-16H,2-3,10-11,17-20H2,1H3. The fourth-order valence-electron chi connectivity index (χ4n) is 2.96. The molecular weight excluding hydrogens is 364 g/mol. The molecule has 0 radical (unpaired) electrons. The minimum absolute atomic E-state index is 0.130. The number of benzene rings is 2. The predicted molar refractivity (Wildman–Crippen MR) is 116 cm³/mol. The van der Waals surface area contributed by atoms with Gasteiger partial charge in [0.15, 0.2) is 0 Å². The Morgan fingerprint density at radius 1 is 0.793 bits per heavy atom. The van der Waals surface area contributed by atoms with Gasteiger partial charge in [0.05, 0.1) is 13.2 Å². The molecule has 4 heteroatoms. The summed E-state index contributed by atoms with van der Waals surface area (Å²) in [6, 6.07) is 20.7. The molecule has 0 amide bonds. The van der Waals surface area contributed by atoms with Crippen molar-refractivity contribution < 1.29 is 19.1 Å². The Hall–Kier alpha value is -2.72. The van der Waals surface area contributed by atoms with E-state index < -0.39 is 5.97 Å². The van der Waals surface area contributed by atoms with E-state index in [4.69, 9.17) is 9.47 Å². The Kier molecular flexibility index (Phi) is 10.5. The van der Waals surface area contributed by atoms with Gasteiger partial charge in [-0.3, -0.25) is 9.59 Å². The van der Waals surface area contributed by atoms with Gasteiger partial charge in [0, 0.05) is 6.61 Å². The van der Waals surface area contributed by atoms with E-state index in [0.29, 0.717) is 19.8 Å². The molecule has 0 aliphatic carbocycles. The number of rotatable bonds is 13. The van der Waals surface area contributed by atoms with Gasteiger partial charge in [-0.05, 0) is 42.9 Å². The zero-order valence-electron chi connectivity index (χ0n) is 17.1. The van der Waals surface area contributed by atoms with Crippen LogP contribution in [0, 0.1) is 0 Å². The third kappa shape index (κ3) is 9.35. The number of ketones is 1. The van der Waals surface area contributed by atoms with Crippen molar-refractivity contribution in [2.75, 3.05) is 19.8 Å². The van der Waals surface area contributed by atoms with Crippen LogP contribution in [0.15, 0.2) is 66.7 Å². The first-order valence-corrected chi connectivity index (χ1v) is 10.2.